The van der Waals surface area contributed by atoms with E-state index in [9.17, 15) is 4.79 Å². The molecular formula is C4H9AlO2. The topological polar surface area (TPSA) is 37.3 Å². The molecule has 2 nitrogen and oxygen atoms in total. The summed E-state index contributed by atoms with van der Waals surface area (Å²) in [5.74, 6) is 3.39. The summed E-state index contributed by atoms with van der Waals surface area (Å²) in [5.41, 5.74) is 0. The maximum Gasteiger partial charge on any atom is 0.290 e. The number of carboxylic acids is 1. The van der Waals surface area contributed by atoms with Crippen molar-refractivity contribution in [3.63, 3.8) is 0 Å². The third kappa shape index (κ3) is 6.00. The van der Waals surface area contributed by atoms with Crippen molar-refractivity contribution in [1.82, 2.24) is 0 Å². The minimum Gasteiger partial charge on any atom is -0.482 e. The molecule has 0 fully saturated rings. The van der Waals surface area contributed by atoms with Crippen LogP contribution in [-0.2, 0) is 4.79 Å². The van der Waals surface area contributed by atoms with Gasteiger partial charge in [0, 0.05) is 0 Å². The van der Waals surface area contributed by atoms with Gasteiger partial charge in [-0.2, -0.15) is 0 Å². The van der Waals surface area contributed by atoms with Crippen LogP contribution in [-0.4, -0.2) is 25.2 Å². The minimum atomic E-state index is -0.828. The monoisotopic (exact) mass is 116 g/mol. The molecule has 0 rings (SSSR count). The van der Waals surface area contributed by atoms with Gasteiger partial charge in [-0.3, -0.25) is 4.79 Å². The lowest BCUT2D eigenvalue weighted by Gasteiger charge is -1.87. The van der Waals surface area contributed by atoms with Crippen LogP contribution in [0.3, 0.4) is 0 Å². The zero-order valence-electron chi connectivity index (χ0n) is 4.64. The van der Waals surface area contributed by atoms with E-state index in [-0.39, 0.29) is 0 Å². The van der Waals surface area contributed by atoms with Gasteiger partial charge in [0.25, 0.3) is 20.1 Å². The summed E-state index contributed by atoms with van der Waals surface area (Å²) in [7, 11) is 0. The number of rotatable bonds is 2. The van der Waals surface area contributed by atoms with Crippen LogP contribution in [0.25, 0.3) is 0 Å². The molecule has 0 heterocycles. The normalized spacial score (nSPS) is 8.29. The van der Waals surface area contributed by atoms with Gasteiger partial charge in [-0.15, -0.1) is 11.6 Å². The van der Waals surface area contributed by atoms with Crippen molar-refractivity contribution in [3.05, 3.63) is 0 Å². The standard InChI is InChI=1S/C2H3O2.2CH3.Al/c1-2(3)4;;;/h1H2,(H,3,4);2*1H3;. The van der Waals surface area contributed by atoms with Crippen molar-refractivity contribution in [2.24, 2.45) is 0 Å². The highest BCUT2D eigenvalue weighted by molar-refractivity contribution is 6.59. The zero-order chi connectivity index (χ0) is 5.86. The first-order chi connectivity index (χ1) is 3.13. The molecule has 3 heteroatoms. The lowest BCUT2D eigenvalue weighted by atomic mass is 10.8. The largest absolute Gasteiger partial charge is 0.482 e. The molecule has 0 atom stereocenters. The maximum atomic E-state index is 9.84. The van der Waals surface area contributed by atoms with Gasteiger partial charge < -0.3 is 5.11 Å². The van der Waals surface area contributed by atoms with E-state index >= 15 is 0 Å². The van der Waals surface area contributed by atoms with Crippen LogP contribution in [0.15, 0.2) is 0 Å². The average molecular weight is 116 g/mol. The third-order valence-electron chi connectivity index (χ3n) is 0.583. The Hall–Kier alpha value is 0.00247. The molecule has 0 aliphatic carbocycles. The third-order valence-corrected chi connectivity index (χ3v) is 1.75. The van der Waals surface area contributed by atoms with Gasteiger partial charge in [-0.25, -0.2) is 0 Å². The van der Waals surface area contributed by atoms with Gasteiger partial charge in [-0.1, -0.05) is 0 Å². The molecule has 0 aliphatic heterocycles. The lowest BCUT2D eigenvalue weighted by molar-refractivity contribution is -0.134. The lowest BCUT2D eigenvalue weighted by Crippen LogP contribution is -2.06. The molecule has 0 aromatic carbocycles. The van der Waals surface area contributed by atoms with E-state index in [0.717, 1.165) is 0 Å². The molecule has 0 aromatic heterocycles. The van der Waals surface area contributed by atoms with Crippen LogP contribution in [0.5, 0.6) is 0 Å². The molecule has 0 bridgehead atoms. The zero-order valence-corrected chi connectivity index (χ0v) is 5.79. The van der Waals surface area contributed by atoms with Crippen molar-refractivity contribution in [1.29, 1.82) is 0 Å². The van der Waals surface area contributed by atoms with E-state index in [2.05, 4.69) is 0 Å². The Morgan fingerprint density at radius 3 is 2.14 bits per heavy atom. The fourth-order valence-electron chi connectivity index (χ4n) is 0.349. The van der Waals surface area contributed by atoms with E-state index in [1.807, 2.05) is 11.6 Å². The van der Waals surface area contributed by atoms with E-state index in [0.29, 0.717) is 5.28 Å². The summed E-state index contributed by atoms with van der Waals surface area (Å²) in [5, 5.41) is 8.54. The van der Waals surface area contributed by atoms with E-state index < -0.39 is 20.1 Å². The fourth-order valence-corrected chi connectivity index (χ4v) is 1.05. The highest BCUT2D eigenvalue weighted by Crippen LogP contribution is 1.87. The Kier molecular flexibility index (Phi) is 3.06. The quantitative estimate of drug-likeness (QED) is 0.542. The molecule has 40 valence electrons. The highest BCUT2D eigenvalue weighted by atomic mass is 27.2. The Morgan fingerprint density at radius 2 is 2.14 bits per heavy atom. The molecular weight excluding hydrogens is 107 g/mol. The average Bonchev–Trinajstić information content (AvgIpc) is 1.27. The van der Waals surface area contributed by atoms with Gasteiger partial charge >= 0.3 is 0 Å². The minimum absolute atomic E-state index is 0.417. The van der Waals surface area contributed by atoms with Crippen molar-refractivity contribution in [2.75, 3.05) is 0 Å². The number of carbonyl (C=O) groups is 1. The van der Waals surface area contributed by atoms with E-state index in [1.165, 1.54) is 0 Å². The summed E-state index contributed by atoms with van der Waals surface area (Å²) in [6.45, 7) is 0. The van der Waals surface area contributed by atoms with Crippen molar-refractivity contribution in [3.8, 4) is 0 Å². The fraction of sp³-hybridized carbons (Fsp3) is 0.750. The van der Waals surface area contributed by atoms with Gasteiger partial charge in [0.05, 0.1) is 0 Å². The van der Waals surface area contributed by atoms with Gasteiger partial charge in [0.15, 0.2) is 0 Å². The highest BCUT2D eigenvalue weighted by Gasteiger charge is 2.05. The Balaban J connectivity index is 3.13. The molecule has 0 unspecified atom stereocenters. The molecule has 0 aliphatic rings. The van der Waals surface area contributed by atoms with Crippen molar-refractivity contribution < 1.29 is 9.90 Å². The second-order valence-corrected chi connectivity index (χ2v) is 5.19. The molecule has 7 heavy (non-hydrogen) atoms. The molecule has 0 saturated heterocycles. The first kappa shape index (κ1) is 7.00. The number of hydrogen-bond acceptors (Lipinski definition) is 1. The van der Waals surface area contributed by atoms with Crippen LogP contribution in [0.2, 0.25) is 16.9 Å². The summed E-state index contributed by atoms with van der Waals surface area (Å²) < 4.78 is 0. The first-order valence-electron chi connectivity index (χ1n) is 2.34. The predicted molar refractivity (Wildman–Crippen MR) is 29.9 cm³/mol. The van der Waals surface area contributed by atoms with E-state index in [4.69, 9.17) is 5.11 Å². The molecule has 0 aromatic rings. The Labute approximate surface area is 47.5 Å². The Bertz CT molecular complexity index is 70.1. The molecule has 1 N–H and O–H groups in total. The predicted octanol–water partition coefficient (Wildman–Crippen LogP) is 0.825. The molecule has 0 spiro atoms. The van der Waals surface area contributed by atoms with Crippen LogP contribution in [0, 0.1) is 0 Å². The Morgan fingerprint density at radius 1 is 1.71 bits per heavy atom. The summed E-state index contributed by atoms with van der Waals surface area (Å²) >= 11 is -0.828. The van der Waals surface area contributed by atoms with Crippen LogP contribution in [0.4, 0.5) is 0 Å². The van der Waals surface area contributed by atoms with Gasteiger partial charge in [0.2, 0.25) is 0 Å². The first-order valence-corrected chi connectivity index (χ1v) is 5.47. The smallest absolute Gasteiger partial charge is 0.290 e. The second-order valence-electron chi connectivity index (χ2n) is 1.99. The van der Waals surface area contributed by atoms with Gasteiger partial charge in [0.1, 0.15) is 0 Å². The summed E-state index contributed by atoms with van der Waals surface area (Å²) in [6, 6.07) is 0. The van der Waals surface area contributed by atoms with Crippen LogP contribution < -0.4 is 0 Å². The van der Waals surface area contributed by atoms with Crippen LogP contribution in [0.1, 0.15) is 0 Å². The molecule has 0 radical (unpaired) electrons. The van der Waals surface area contributed by atoms with E-state index in [1.54, 1.807) is 0 Å². The van der Waals surface area contributed by atoms with Gasteiger partial charge in [-0.05, 0) is 5.28 Å². The van der Waals surface area contributed by atoms with Crippen molar-refractivity contribution >= 4 is 20.1 Å². The SMILES string of the molecule is [CH3][Al]([CH3])[CH2]C(=O)O. The molecule has 0 amide bonds. The van der Waals surface area contributed by atoms with Crippen LogP contribution >= 0.6 is 0 Å². The second kappa shape index (κ2) is 3.06. The molecule has 0 saturated carbocycles. The number of hydrogen-bond donors (Lipinski definition) is 1. The van der Waals surface area contributed by atoms with Crippen molar-refractivity contribution in [2.45, 2.75) is 16.9 Å². The summed E-state index contributed by atoms with van der Waals surface area (Å²) in [4.78, 5) is 9.84. The maximum absolute atomic E-state index is 9.84. The summed E-state index contributed by atoms with van der Waals surface area (Å²) in [6.07, 6.45) is 0. The number of carboxylic acid groups (broad SMARTS) is 1. The number of aliphatic carboxylic acids is 1.